The average Bonchev–Trinajstić information content (AvgIpc) is 3.34. The maximum absolute atomic E-state index is 12.5. The molecule has 1 amide bonds. The number of carbonyl (C=O) groups is 2. The lowest BCUT2D eigenvalue weighted by molar-refractivity contribution is -0.192. The fourth-order valence-electron chi connectivity index (χ4n) is 4.09. The van der Waals surface area contributed by atoms with Gasteiger partial charge < -0.3 is 23.9 Å². The lowest BCUT2D eigenvalue weighted by atomic mass is 9.66. The Balaban J connectivity index is 0.000000383. The predicted molar refractivity (Wildman–Crippen MR) is 109 cm³/mol. The molecule has 0 aliphatic carbocycles. The largest absolute Gasteiger partial charge is 0.490 e. The third kappa shape index (κ3) is 6.47. The van der Waals surface area contributed by atoms with E-state index in [0.717, 1.165) is 39.0 Å². The van der Waals surface area contributed by atoms with Gasteiger partial charge in [0.2, 0.25) is 5.88 Å². The van der Waals surface area contributed by atoms with E-state index in [2.05, 4.69) is 4.98 Å². The van der Waals surface area contributed by atoms with Crippen molar-refractivity contribution in [3.8, 4) is 5.88 Å². The van der Waals surface area contributed by atoms with Crippen molar-refractivity contribution in [2.75, 3.05) is 32.9 Å². The number of piperidine rings is 1. The van der Waals surface area contributed by atoms with Crippen LogP contribution in [0.2, 0.25) is 0 Å². The zero-order valence-corrected chi connectivity index (χ0v) is 17.8. The number of hydrogen-bond donors (Lipinski definition) is 1. The van der Waals surface area contributed by atoms with Crippen molar-refractivity contribution in [1.82, 2.24) is 9.88 Å². The first kappa shape index (κ1) is 24.6. The first-order valence-corrected chi connectivity index (χ1v) is 10.5. The molecule has 1 unspecified atom stereocenters. The van der Waals surface area contributed by atoms with Crippen molar-refractivity contribution in [1.29, 1.82) is 0 Å². The van der Waals surface area contributed by atoms with Crippen LogP contribution in [0.5, 0.6) is 5.88 Å². The Morgan fingerprint density at radius 3 is 2.48 bits per heavy atom. The van der Waals surface area contributed by atoms with Crippen LogP contribution in [-0.2, 0) is 9.53 Å². The van der Waals surface area contributed by atoms with Gasteiger partial charge in [-0.25, -0.2) is 9.78 Å². The number of amides is 1. The maximum atomic E-state index is 12.5. The highest BCUT2D eigenvalue weighted by Crippen LogP contribution is 2.45. The monoisotopic (exact) mass is 470 g/mol. The van der Waals surface area contributed by atoms with E-state index in [1.165, 1.54) is 0 Å². The quantitative estimate of drug-likeness (QED) is 0.728. The molecule has 1 N–H and O–H groups in total. The number of alkyl halides is 3. The van der Waals surface area contributed by atoms with Gasteiger partial charge in [0.05, 0.1) is 19.5 Å². The molecule has 2 aliphatic heterocycles. The molecule has 0 aromatic carbocycles. The first-order valence-electron chi connectivity index (χ1n) is 10.5. The van der Waals surface area contributed by atoms with Gasteiger partial charge in [-0.05, 0) is 42.9 Å². The van der Waals surface area contributed by atoms with Gasteiger partial charge in [-0.2, -0.15) is 13.2 Å². The van der Waals surface area contributed by atoms with E-state index >= 15 is 0 Å². The molecule has 2 aromatic rings. The summed E-state index contributed by atoms with van der Waals surface area (Å²) in [6, 6.07) is 9.16. The van der Waals surface area contributed by atoms with E-state index in [0.29, 0.717) is 30.8 Å². The normalized spacial score (nSPS) is 20.0. The molecular weight excluding hydrogens is 445 g/mol. The lowest BCUT2D eigenvalue weighted by Gasteiger charge is -2.48. The number of carboxylic acids is 1. The number of rotatable bonds is 4. The Kier molecular flexibility index (Phi) is 7.96. The molecule has 11 heteroatoms. The van der Waals surface area contributed by atoms with Crippen LogP contribution in [0, 0.1) is 11.3 Å². The molecule has 2 fully saturated rings. The number of ether oxygens (including phenoxy) is 2. The highest BCUT2D eigenvalue weighted by atomic mass is 19.4. The molecule has 0 radical (unpaired) electrons. The lowest BCUT2D eigenvalue weighted by Crippen LogP contribution is -2.50. The van der Waals surface area contributed by atoms with Gasteiger partial charge in [-0.3, -0.25) is 4.79 Å². The molecule has 0 bridgehead atoms. The number of hydrogen-bond acceptors (Lipinski definition) is 6. The number of aromatic nitrogens is 1. The number of halogens is 3. The van der Waals surface area contributed by atoms with Gasteiger partial charge in [0.15, 0.2) is 5.76 Å². The summed E-state index contributed by atoms with van der Waals surface area (Å²) in [7, 11) is 0. The van der Waals surface area contributed by atoms with Crippen molar-refractivity contribution >= 4 is 11.9 Å². The molecule has 180 valence electrons. The Morgan fingerprint density at radius 2 is 1.91 bits per heavy atom. The van der Waals surface area contributed by atoms with E-state index in [9.17, 15) is 18.0 Å². The van der Waals surface area contributed by atoms with Gasteiger partial charge in [0, 0.05) is 37.9 Å². The van der Waals surface area contributed by atoms with E-state index in [4.69, 9.17) is 23.8 Å². The molecule has 8 nitrogen and oxygen atoms in total. The van der Waals surface area contributed by atoms with E-state index in [1.54, 1.807) is 24.6 Å². The second kappa shape index (κ2) is 10.7. The number of nitrogens with zero attached hydrogens (tertiary/aromatic N) is 2. The van der Waals surface area contributed by atoms with Gasteiger partial charge >= 0.3 is 12.1 Å². The van der Waals surface area contributed by atoms with Gasteiger partial charge in [-0.1, -0.05) is 6.07 Å². The number of pyridine rings is 1. The van der Waals surface area contributed by atoms with Gasteiger partial charge in [0.1, 0.15) is 0 Å². The number of furan rings is 1. The molecule has 4 rings (SSSR count). The predicted octanol–water partition coefficient (Wildman–Crippen LogP) is 3.65. The summed E-state index contributed by atoms with van der Waals surface area (Å²) in [5.74, 6) is -1.38. The smallest absolute Gasteiger partial charge is 0.477 e. The third-order valence-electron chi connectivity index (χ3n) is 6.02. The van der Waals surface area contributed by atoms with Crippen LogP contribution in [0.25, 0.3) is 0 Å². The molecule has 33 heavy (non-hydrogen) atoms. The zero-order valence-electron chi connectivity index (χ0n) is 17.8. The number of likely N-dealkylation sites (tertiary alicyclic amines) is 1. The number of aliphatic carboxylic acids is 1. The van der Waals surface area contributed by atoms with Gasteiger partial charge in [0.25, 0.3) is 5.91 Å². The van der Waals surface area contributed by atoms with Crippen LogP contribution in [0.4, 0.5) is 13.2 Å². The fraction of sp³-hybridized carbons (Fsp3) is 0.500. The van der Waals surface area contributed by atoms with Crippen molar-refractivity contribution < 1.29 is 41.8 Å². The summed E-state index contributed by atoms with van der Waals surface area (Å²) >= 11 is 0. The van der Waals surface area contributed by atoms with Crippen LogP contribution in [0.3, 0.4) is 0 Å². The minimum atomic E-state index is -5.08. The molecular formula is C22H25F3N2O6. The average molecular weight is 470 g/mol. The fourth-order valence-corrected chi connectivity index (χ4v) is 4.09. The van der Waals surface area contributed by atoms with Crippen LogP contribution in [0.15, 0.2) is 47.2 Å². The van der Waals surface area contributed by atoms with Gasteiger partial charge in [-0.15, -0.1) is 0 Å². The van der Waals surface area contributed by atoms with E-state index in [-0.39, 0.29) is 11.3 Å². The SMILES string of the molecule is O=C(O)C(F)(F)F.O=C(c1ccco1)N1CCC2(CCOCC2COc2ccccn2)CC1. The minimum Gasteiger partial charge on any atom is -0.477 e. The minimum absolute atomic E-state index is 0.0156. The summed E-state index contributed by atoms with van der Waals surface area (Å²) < 4.78 is 48.6. The van der Waals surface area contributed by atoms with E-state index in [1.807, 2.05) is 23.1 Å². The Hall–Kier alpha value is -3.08. The second-order valence-corrected chi connectivity index (χ2v) is 7.94. The molecule has 2 aromatic heterocycles. The molecule has 0 saturated carbocycles. The van der Waals surface area contributed by atoms with Crippen LogP contribution >= 0.6 is 0 Å². The summed E-state index contributed by atoms with van der Waals surface area (Å²) in [6.45, 7) is 3.59. The van der Waals surface area contributed by atoms with Crippen molar-refractivity contribution in [2.24, 2.45) is 11.3 Å². The van der Waals surface area contributed by atoms with E-state index < -0.39 is 12.1 Å². The summed E-state index contributed by atoms with van der Waals surface area (Å²) in [5, 5.41) is 7.12. The molecule has 2 saturated heterocycles. The molecule has 4 heterocycles. The Morgan fingerprint density at radius 1 is 1.18 bits per heavy atom. The Labute approximate surface area is 188 Å². The summed E-state index contributed by atoms with van der Waals surface area (Å²) in [5.41, 5.74) is 0.174. The highest BCUT2D eigenvalue weighted by molar-refractivity contribution is 5.91. The molecule has 1 atom stereocenters. The maximum Gasteiger partial charge on any atom is 0.490 e. The summed E-state index contributed by atoms with van der Waals surface area (Å²) in [6.07, 6.45) is 1.16. The van der Waals surface area contributed by atoms with Crippen LogP contribution in [0.1, 0.15) is 29.8 Å². The van der Waals surface area contributed by atoms with Crippen LogP contribution < -0.4 is 4.74 Å². The second-order valence-electron chi connectivity index (χ2n) is 7.94. The Bertz CT molecular complexity index is 897. The standard InChI is InChI=1S/C20H24N2O4.C2HF3O2/c23-19(17-4-3-12-25-17)22-10-6-20(7-11-22)8-13-24-14-16(20)15-26-18-5-1-2-9-21-18;3-2(4,5)1(6)7/h1-5,9,12,16H,6-8,10-11,13-15H2;(H,6,7). The topological polar surface area (TPSA) is 102 Å². The van der Waals surface area contributed by atoms with Crippen molar-refractivity contribution in [2.45, 2.75) is 25.4 Å². The summed E-state index contributed by atoms with van der Waals surface area (Å²) in [4.78, 5) is 27.5. The number of carbonyl (C=O) groups excluding carboxylic acids is 1. The highest BCUT2D eigenvalue weighted by Gasteiger charge is 2.44. The third-order valence-corrected chi connectivity index (χ3v) is 6.02. The molecule has 1 spiro atoms. The van der Waals surface area contributed by atoms with Crippen LogP contribution in [-0.4, -0.2) is 66.0 Å². The zero-order chi connectivity index (χ0) is 23.9. The van der Waals surface area contributed by atoms with Crippen molar-refractivity contribution in [3.05, 3.63) is 48.6 Å². The number of carboxylic acid groups (broad SMARTS) is 1. The van der Waals surface area contributed by atoms with Crippen molar-refractivity contribution in [3.63, 3.8) is 0 Å². The first-order chi connectivity index (χ1) is 15.7. The molecule has 2 aliphatic rings.